The number of β-amino-alcohol motifs (C(OH)–C–C–N with tert-alkyl or cyclic N) is 1. The Balaban J connectivity index is 1.13. The van der Waals surface area contributed by atoms with Gasteiger partial charge in [-0.05, 0) is 54.4 Å². The Hall–Kier alpha value is -2.96. The molecular formula is C27H31N5O. The molecule has 0 unspecified atom stereocenters. The molecule has 33 heavy (non-hydrogen) atoms. The maximum absolute atomic E-state index is 11.1. The predicted octanol–water partition coefficient (Wildman–Crippen LogP) is 4.10. The number of fused-ring (bicyclic) bond motifs is 1. The molecule has 0 radical (unpaired) electrons. The number of para-hydroxylation sites is 1. The van der Waals surface area contributed by atoms with Crippen molar-refractivity contribution < 1.29 is 5.11 Å². The third kappa shape index (κ3) is 4.33. The minimum absolute atomic E-state index is 0.194. The molecule has 2 N–H and O–H groups in total. The number of rotatable bonds is 5. The Morgan fingerprint density at radius 3 is 2.58 bits per heavy atom. The van der Waals surface area contributed by atoms with E-state index in [1.807, 2.05) is 6.07 Å². The first-order valence-corrected chi connectivity index (χ1v) is 12.2. The molecule has 2 fully saturated rings. The molecule has 0 bridgehead atoms. The van der Waals surface area contributed by atoms with Gasteiger partial charge in [0.2, 0.25) is 0 Å². The highest BCUT2D eigenvalue weighted by Gasteiger charge is 2.34. The summed E-state index contributed by atoms with van der Waals surface area (Å²) >= 11 is 0. The van der Waals surface area contributed by atoms with Crippen LogP contribution in [0.4, 0.5) is 17.3 Å². The summed E-state index contributed by atoms with van der Waals surface area (Å²) in [7, 11) is 0. The zero-order valence-electron chi connectivity index (χ0n) is 18.9. The molecule has 2 aliphatic heterocycles. The van der Waals surface area contributed by atoms with Crippen molar-refractivity contribution in [3.8, 4) is 0 Å². The minimum atomic E-state index is -0.397. The number of nitrogens with one attached hydrogen (secondary N) is 1. The number of aliphatic hydroxyl groups excluding tert-OH is 1. The molecule has 6 rings (SSSR count). The van der Waals surface area contributed by atoms with Gasteiger partial charge < -0.3 is 15.3 Å². The molecule has 170 valence electrons. The van der Waals surface area contributed by atoms with Gasteiger partial charge in [0.15, 0.2) is 0 Å². The van der Waals surface area contributed by atoms with Crippen LogP contribution >= 0.6 is 0 Å². The lowest BCUT2D eigenvalue weighted by atomic mass is 9.94. The third-order valence-electron chi connectivity index (χ3n) is 7.39. The summed E-state index contributed by atoms with van der Waals surface area (Å²) in [6, 6.07) is 19.4. The molecule has 1 aliphatic carbocycles. The number of benzene rings is 2. The van der Waals surface area contributed by atoms with E-state index in [0.717, 1.165) is 49.8 Å². The molecule has 6 heteroatoms. The molecule has 6 nitrogen and oxygen atoms in total. The monoisotopic (exact) mass is 441 g/mol. The highest BCUT2D eigenvalue weighted by Crippen LogP contribution is 2.43. The number of hydrogen-bond acceptors (Lipinski definition) is 6. The predicted molar refractivity (Wildman–Crippen MR) is 131 cm³/mol. The summed E-state index contributed by atoms with van der Waals surface area (Å²) in [6.45, 7) is 3.42. The highest BCUT2D eigenvalue weighted by atomic mass is 16.3. The van der Waals surface area contributed by atoms with E-state index < -0.39 is 6.10 Å². The van der Waals surface area contributed by atoms with E-state index in [9.17, 15) is 5.11 Å². The Kier molecular flexibility index (Phi) is 5.48. The van der Waals surface area contributed by atoms with Crippen LogP contribution in [0.3, 0.4) is 0 Å². The van der Waals surface area contributed by atoms with Gasteiger partial charge >= 0.3 is 0 Å². The van der Waals surface area contributed by atoms with Gasteiger partial charge in [-0.1, -0.05) is 42.5 Å². The molecule has 1 saturated carbocycles. The van der Waals surface area contributed by atoms with Gasteiger partial charge in [-0.15, -0.1) is 0 Å². The van der Waals surface area contributed by atoms with Gasteiger partial charge in [0.1, 0.15) is 18.0 Å². The van der Waals surface area contributed by atoms with Crippen molar-refractivity contribution in [1.29, 1.82) is 0 Å². The van der Waals surface area contributed by atoms with Crippen LogP contribution in [0, 0.1) is 0 Å². The number of piperidine rings is 1. The summed E-state index contributed by atoms with van der Waals surface area (Å²) in [5.41, 5.74) is 5.35. The lowest BCUT2D eigenvalue weighted by Gasteiger charge is -2.43. The minimum Gasteiger partial charge on any atom is -0.390 e. The fraction of sp³-hybridized carbons (Fsp3) is 0.407. The molecule has 2 aromatic carbocycles. The average molecular weight is 442 g/mol. The quantitative estimate of drug-likeness (QED) is 0.622. The highest BCUT2D eigenvalue weighted by molar-refractivity contribution is 5.64. The molecule has 3 aromatic rings. The lowest BCUT2D eigenvalue weighted by Crippen LogP contribution is -2.55. The van der Waals surface area contributed by atoms with E-state index in [-0.39, 0.29) is 6.04 Å². The number of hydrogen-bond donors (Lipinski definition) is 2. The fourth-order valence-corrected chi connectivity index (χ4v) is 5.44. The summed E-state index contributed by atoms with van der Waals surface area (Å²) in [4.78, 5) is 13.6. The Morgan fingerprint density at radius 2 is 1.73 bits per heavy atom. The zero-order valence-corrected chi connectivity index (χ0v) is 18.9. The Bertz CT molecular complexity index is 1130. The second kappa shape index (κ2) is 8.76. The smallest absolute Gasteiger partial charge is 0.135 e. The second-order valence-corrected chi connectivity index (χ2v) is 9.61. The number of aliphatic hydroxyl groups is 1. The van der Waals surface area contributed by atoms with Crippen LogP contribution in [-0.4, -0.2) is 51.8 Å². The number of aromatic nitrogens is 2. The molecule has 1 aromatic heterocycles. The molecular weight excluding hydrogens is 410 g/mol. The summed E-state index contributed by atoms with van der Waals surface area (Å²) in [6.07, 6.45) is 5.75. The molecule has 1 saturated heterocycles. The van der Waals surface area contributed by atoms with Crippen LogP contribution < -0.4 is 10.2 Å². The van der Waals surface area contributed by atoms with Crippen LogP contribution in [0.15, 0.2) is 60.9 Å². The fourth-order valence-electron chi connectivity index (χ4n) is 5.44. The van der Waals surface area contributed by atoms with E-state index in [1.54, 1.807) is 6.33 Å². The van der Waals surface area contributed by atoms with Crippen LogP contribution in [0.5, 0.6) is 0 Å². The van der Waals surface area contributed by atoms with Crippen LogP contribution in [0.2, 0.25) is 0 Å². The van der Waals surface area contributed by atoms with Crippen LogP contribution in [0.1, 0.15) is 41.9 Å². The van der Waals surface area contributed by atoms with Gasteiger partial charge in [0, 0.05) is 44.0 Å². The number of nitrogens with zero attached hydrogens (tertiary/aromatic N) is 4. The van der Waals surface area contributed by atoms with E-state index in [4.69, 9.17) is 0 Å². The number of anilines is 3. The second-order valence-electron chi connectivity index (χ2n) is 9.61. The van der Waals surface area contributed by atoms with Gasteiger partial charge in [-0.2, -0.15) is 0 Å². The topological polar surface area (TPSA) is 64.5 Å². The van der Waals surface area contributed by atoms with E-state index in [2.05, 4.69) is 73.6 Å². The van der Waals surface area contributed by atoms with Crippen molar-refractivity contribution in [2.24, 2.45) is 0 Å². The van der Waals surface area contributed by atoms with E-state index in [1.165, 1.54) is 29.5 Å². The largest absolute Gasteiger partial charge is 0.390 e. The normalized spacial score (nSPS) is 23.2. The average Bonchev–Trinajstić information content (AvgIpc) is 3.70. The van der Waals surface area contributed by atoms with Crippen LogP contribution in [-0.2, 0) is 13.0 Å². The first-order chi connectivity index (χ1) is 16.2. The SMILES string of the molecule is O[C@H]1CN(c2cc(Nc3ccccc3C3CC3)ncn2)CC[C@@H]1N1CCc2ccccc2C1. The van der Waals surface area contributed by atoms with Crippen molar-refractivity contribution >= 4 is 17.3 Å². The molecule has 2 atom stereocenters. The van der Waals surface area contributed by atoms with Crippen molar-refractivity contribution in [1.82, 2.24) is 14.9 Å². The maximum Gasteiger partial charge on any atom is 0.135 e. The first kappa shape index (κ1) is 20.6. The van der Waals surface area contributed by atoms with Gasteiger partial charge in [-0.25, -0.2) is 9.97 Å². The summed E-state index contributed by atoms with van der Waals surface area (Å²) < 4.78 is 0. The summed E-state index contributed by atoms with van der Waals surface area (Å²) in [5.74, 6) is 2.35. The Labute approximate surface area is 195 Å². The Morgan fingerprint density at radius 1 is 0.909 bits per heavy atom. The maximum atomic E-state index is 11.1. The molecule has 0 spiro atoms. The standard InChI is InChI=1S/C27H31N5O/c33-25-17-32(14-12-24(25)31-13-11-19-5-1-2-6-21(19)16-31)27-15-26(28-18-29-27)30-23-8-4-3-7-22(23)20-9-10-20/h1-8,15,18,20,24-25,33H,9-14,16-17H2,(H,28,29,30)/t24-,25-/m0/s1. The van der Waals surface area contributed by atoms with Crippen molar-refractivity contribution in [2.75, 3.05) is 29.9 Å². The van der Waals surface area contributed by atoms with Gasteiger partial charge in [0.25, 0.3) is 0 Å². The molecule has 0 amide bonds. The summed E-state index contributed by atoms with van der Waals surface area (Å²) in [5, 5.41) is 14.6. The van der Waals surface area contributed by atoms with Crippen molar-refractivity contribution in [3.05, 3.63) is 77.6 Å². The zero-order chi connectivity index (χ0) is 22.2. The van der Waals surface area contributed by atoms with Gasteiger partial charge in [0.05, 0.1) is 6.10 Å². The van der Waals surface area contributed by atoms with Crippen LogP contribution in [0.25, 0.3) is 0 Å². The van der Waals surface area contributed by atoms with Crippen molar-refractivity contribution in [3.63, 3.8) is 0 Å². The lowest BCUT2D eigenvalue weighted by molar-refractivity contribution is 0.0293. The molecule has 3 heterocycles. The molecule has 3 aliphatic rings. The van der Waals surface area contributed by atoms with E-state index >= 15 is 0 Å². The van der Waals surface area contributed by atoms with Gasteiger partial charge in [-0.3, -0.25) is 4.90 Å². The first-order valence-electron chi connectivity index (χ1n) is 12.2. The third-order valence-corrected chi connectivity index (χ3v) is 7.39. The van der Waals surface area contributed by atoms with E-state index in [0.29, 0.717) is 12.5 Å². The van der Waals surface area contributed by atoms with Crippen molar-refractivity contribution in [2.45, 2.75) is 50.3 Å².